The lowest BCUT2D eigenvalue weighted by atomic mass is 9.98. The molecule has 1 N–H and O–H groups in total. The summed E-state index contributed by atoms with van der Waals surface area (Å²) in [6.07, 6.45) is 6.87. The molecule has 0 radical (unpaired) electrons. The zero-order valence-electron chi connectivity index (χ0n) is 7.36. The summed E-state index contributed by atoms with van der Waals surface area (Å²) in [7, 11) is 0. The van der Waals surface area contributed by atoms with Crippen LogP contribution in [-0.2, 0) is 4.74 Å². The van der Waals surface area contributed by atoms with Crippen LogP contribution in [0.1, 0.15) is 26.2 Å². The lowest BCUT2D eigenvalue weighted by Gasteiger charge is -2.19. The first-order valence-electron chi connectivity index (χ1n) is 4.35. The number of hydrogen-bond donors (Lipinski definition) is 1. The van der Waals surface area contributed by atoms with Gasteiger partial charge >= 0.3 is 0 Å². The molecular formula is C9H15NO2. The van der Waals surface area contributed by atoms with Gasteiger partial charge in [-0.1, -0.05) is 11.2 Å². The van der Waals surface area contributed by atoms with Crippen molar-refractivity contribution >= 4 is 6.21 Å². The van der Waals surface area contributed by atoms with Gasteiger partial charge in [-0.15, -0.1) is 0 Å². The van der Waals surface area contributed by atoms with Gasteiger partial charge < -0.3 is 9.94 Å². The van der Waals surface area contributed by atoms with Crippen LogP contribution in [-0.4, -0.2) is 24.1 Å². The van der Waals surface area contributed by atoms with Crippen molar-refractivity contribution in [2.75, 3.05) is 6.61 Å². The molecule has 1 aliphatic rings. The van der Waals surface area contributed by atoms with Crippen LogP contribution in [0.5, 0.6) is 0 Å². The van der Waals surface area contributed by atoms with E-state index in [1.54, 1.807) is 0 Å². The predicted molar refractivity (Wildman–Crippen MR) is 47.6 cm³/mol. The maximum absolute atomic E-state index is 8.29. The molecular weight excluding hydrogens is 154 g/mol. The van der Waals surface area contributed by atoms with Gasteiger partial charge in [0.15, 0.2) is 0 Å². The Labute approximate surface area is 72.7 Å². The second kappa shape index (κ2) is 4.93. The first-order chi connectivity index (χ1) is 5.86. The summed E-state index contributed by atoms with van der Waals surface area (Å²) >= 11 is 0. The van der Waals surface area contributed by atoms with Crippen molar-refractivity contribution in [2.45, 2.75) is 32.3 Å². The first kappa shape index (κ1) is 9.26. The fourth-order valence-corrected chi connectivity index (χ4v) is 1.41. The lowest BCUT2D eigenvalue weighted by molar-refractivity contribution is 0.0565. The minimum atomic E-state index is 0.367. The van der Waals surface area contributed by atoms with Crippen LogP contribution in [0.4, 0.5) is 0 Å². The molecule has 0 heterocycles. The van der Waals surface area contributed by atoms with E-state index in [2.05, 4.69) is 11.2 Å². The monoisotopic (exact) mass is 169 g/mol. The van der Waals surface area contributed by atoms with Gasteiger partial charge in [0.25, 0.3) is 0 Å². The van der Waals surface area contributed by atoms with Crippen molar-refractivity contribution in [3.8, 4) is 0 Å². The van der Waals surface area contributed by atoms with Crippen molar-refractivity contribution < 1.29 is 9.94 Å². The third-order valence-electron chi connectivity index (χ3n) is 2.02. The highest BCUT2D eigenvalue weighted by molar-refractivity contribution is 5.78. The molecule has 0 aromatic carbocycles. The zero-order chi connectivity index (χ0) is 8.81. The lowest BCUT2D eigenvalue weighted by Crippen LogP contribution is -2.15. The standard InChI is InChI=1S/C9H15NO2/c1-2-12-9-5-3-8(4-6-9)7-10-11/h3,7,9,11H,2,4-6H2,1H3/b10-7+. The van der Waals surface area contributed by atoms with Crippen LogP contribution >= 0.6 is 0 Å². The highest BCUT2D eigenvalue weighted by Gasteiger charge is 2.12. The molecule has 0 aliphatic heterocycles. The molecule has 0 aromatic rings. The van der Waals surface area contributed by atoms with Crippen LogP contribution in [0, 0.1) is 0 Å². The third kappa shape index (κ3) is 2.66. The Bertz CT molecular complexity index is 187. The van der Waals surface area contributed by atoms with E-state index >= 15 is 0 Å². The number of allylic oxidation sites excluding steroid dienone is 1. The number of rotatable bonds is 3. The largest absolute Gasteiger partial charge is 0.411 e. The molecule has 0 saturated heterocycles. The molecule has 1 aliphatic carbocycles. The molecule has 0 spiro atoms. The van der Waals surface area contributed by atoms with E-state index in [-0.39, 0.29) is 0 Å². The predicted octanol–water partition coefficient (Wildman–Crippen LogP) is 1.96. The van der Waals surface area contributed by atoms with Crippen LogP contribution < -0.4 is 0 Å². The molecule has 0 saturated carbocycles. The summed E-state index contributed by atoms with van der Waals surface area (Å²) in [6.45, 7) is 2.79. The second-order valence-corrected chi connectivity index (χ2v) is 2.88. The summed E-state index contributed by atoms with van der Waals surface area (Å²) in [5, 5.41) is 11.3. The van der Waals surface area contributed by atoms with Crippen LogP contribution in [0.3, 0.4) is 0 Å². The average molecular weight is 169 g/mol. The van der Waals surface area contributed by atoms with Gasteiger partial charge in [0.05, 0.1) is 12.3 Å². The molecule has 0 amide bonds. The topological polar surface area (TPSA) is 41.8 Å². The van der Waals surface area contributed by atoms with Gasteiger partial charge in [-0.25, -0.2) is 0 Å². The van der Waals surface area contributed by atoms with Gasteiger partial charge in [0.2, 0.25) is 0 Å². The fraction of sp³-hybridized carbons (Fsp3) is 0.667. The second-order valence-electron chi connectivity index (χ2n) is 2.88. The molecule has 0 aromatic heterocycles. The minimum absolute atomic E-state index is 0.367. The highest BCUT2D eigenvalue weighted by atomic mass is 16.5. The van der Waals surface area contributed by atoms with E-state index in [4.69, 9.17) is 9.94 Å². The summed E-state index contributed by atoms with van der Waals surface area (Å²) in [5.41, 5.74) is 1.11. The molecule has 12 heavy (non-hydrogen) atoms. The van der Waals surface area contributed by atoms with Crippen molar-refractivity contribution in [3.63, 3.8) is 0 Å². The number of ether oxygens (including phenoxy) is 1. The molecule has 68 valence electrons. The van der Waals surface area contributed by atoms with E-state index in [1.165, 1.54) is 6.21 Å². The Hall–Kier alpha value is -0.830. The van der Waals surface area contributed by atoms with E-state index in [0.717, 1.165) is 31.4 Å². The molecule has 0 bridgehead atoms. The van der Waals surface area contributed by atoms with E-state index < -0.39 is 0 Å². The maximum Gasteiger partial charge on any atom is 0.0690 e. The van der Waals surface area contributed by atoms with E-state index in [1.807, 2.05) is 6.92 Å². The number of oxime groups is 1. The average Bonchev–Trinajstić information content (AvgIpc) is 2.09. The van der Waals surface area contributed by atoms with Crippen LogP contribution in [0.25, 0.3) is 0 Å². The Morgan fingerprint density at radius 3 is 3.17 bits per heavy atom. The summed E-state index contributed by atoms with van der Waals surface area (Å²) in [5.74, 6) is 0. The fourth-order valence-electron chi connectivity index (χ4n) is 1.41. The van der Waals surface area contributed by atoms with E-state index in [0.29, 0.717) is 6.10 Å². The molecule has 1 rings (SSSR count). The molecule has 0 fully saturated rings. The number of nitrogens with zero attached hydrogens (tertiary/aromatic N) is 1. The Balaban J connectivity index is 2.36. The molecule has 3 heteroatoms. The summed E-state index contributed by atoms with van der Waals surface area (Å²) in [6, 6.07) is 0. The van der Waals surface area contributed by atoms with Gasteiger partial charge in [0.1, 0.15) is 0 Å². The van der Waals surface area contributed by atoms with Crippen molar-refractivity contribution in [1.82, 2.24) is 0 Å². The third-order valence-corrected chi connectivity index (χ3v) is 2.02. The molecule has 3 nitrogen and oxygen atoms in total. The normalized spacial score (nSPS) is 24.4. The smallest absolute Gasteiger partial charge is 0.0690 e. The Kier molecular flexibility index (Phi) is 3.80. The van der Waals surface area contributed by atoms with Gasteiger partial charge in [-0.3, -0.25) is 0 Å². The molecule has 1 unspecified atom stereocenters. The van der Waals surface area contributed by atoms with Gasteiger partial charge in [-0.05, 0) is 31.8 Å². The minimum Gasteiger partial charge on any atom is -0.411 e. The summed E-state index contributed by atoms with van der Waals surface area (Å²) < 4.78 is 5.46. The quantitative estimate of drug-likeness (QED) is 0.398. The highest BCUT2D eigenvalue weighted by Crippen LogP contribution is 2.19. The summed E-state index contributed by atoms with van der Waals surface area (Å²) in [4.78, 5) is 0. The van der Waals surface area contributed by atoms with E-state index in [9.17, 15) is 0 Å². The zero-order valence-corrected chi connectivity index (χ0v) is 7.36. The Morgan fingerprint density at radius 2 is 2.67 bits per heavy atom. The van der Waals surface area contributed by atoms with Crippen molar-refractivity contribution in [2.24, 2.45) is 5.16 Å². The van der Waals surface area contributed by atoms with Crippen molar-refractivity contribution in [3.05, 3.63) is 11.6 Å². The van der Waals surface area contributed by atoms with Crippen molar-refractivity contribution in [1.29, 1.82) is 0 Å². The number of hydrogen-bond acceptors (Lipinski definition) is 3. The van der Waals surface area contributed by atoms with Crippen LogP contribution in [0.15, 0.2) is 16.8 Å². The van der Waals surface area contributed by atoms with Gasteiger partial charge in [0, 0.05) is 6.61 Å². The maximum atomic E-state index is 8.29. The first-order valence-corrected chi connectivity index (χ1v) is 4.35. The molecule has 1 atom stereocenters. The SMILES string of the molecule is CCOC1CC=C(/C=N/O)CC1. The van der Waals surface area contributed by atoms with Crippen LogP contribution in [0.2, 0.25) is 0 Å². The Morgan fingerprint density at radius 1 is 1.83 bits per heavy atom. The van der Waals surface area contributed by atoms with Gasteiger partial charge in [-0.2, -0.15) is 0 Å².